The summed E-state index contributed by atoms with van der Waals surface area (Å²) in [5, 5.41) is 8.93. The lowest BCUT2D eigenvalue weighted by molar-refractivity contribution is 0.0700. The molecule has 1 aliphatic heterocycles. The van der Waals surface area contributed by atoms with Crippen LogP contribution in [0.4, 0.5) is 0 Å². The molecular formula is C15H21NO3S. The Morgan fingerprint density at radius 2 is 2.10 bits per heavy atom. The Balaban J connectivity index is 2.04. The zero-order chi connectivity index (χ0) is 14.7. The van der Waals surface area contributed by atoms with E-state index in [2.05, 4.69) is 13.8 Å². The van der Waals surface area contributed by atoms with Crippen molar-refractivity contribution in [1.29, 1.82) is 0 Å². The van der Waals surface area contributed by atoms with Gasteiger partial charge in [0.15, 0.2) is 0 Å². The number of carbonyl (C=O) groups is 2. The van der Waals surface area contributed by atoms with Crippen LogP contribution in [0.25, 0.3) is 0 Å². The highest BCUT2D eigenvalue weighted by Crippen LogP contribution is 2.27. The first-order chi connectivity index (χ1) is 9.49. The smallest absolute Gasteiger partial charge is 0.345 e. The average molecular weight is 295 g/mol. The van der Waals surface area contributed by atoms with Crippen molar-refractivity contribution in [3.63, 3.8) is 0 Å². The highest BCUT2D eigenvalue weighted by Gasteiger charge is 2.30. The highest BCUT2D eigenvalue weighted by atomic mass is 32.1. The van der Waals surface area contributed by atoms with Crippen LogP contribution in [-0.4, -0.2) is 34.5 Å². The molecule has 2 heterocycles. The van der Waals surface area contributed by atoms with Crippen LogP contribution in [0, 0.1) is 5.92 Å². The summed E-state index contributed by atoms with van der Waals surface area (Å²) in [6.45, 7) is 5.18. The van der Waals surface area contributed by atoms with Crippen molar-refractivity contribution in [2.45, 2.75) is 45.6 Å². The molecule has 1 saturated heterocycles. The molecule has 2 rings (SSSR count). The third-order valence-corrected chi connectivity index (χ3v) is 4.80. The van der Waals surface area contributed by atoms with E-state index in [0.717, 1.165) is 43.6 Å². The average Bonchev–Trinajstić information content (AvgIpc) is 3.04. The number of carboxylic acid groups (broad SMARTS) is 1. The van der Waals surface area contributed by atoms with E-state index in [1.165, 1.54) is 6.07 Å². The molecule has 1 amide bonds. The van der Waals surface area contributed by atoms with Gasteiger partial charge in [0.2, 0.25) is 0 Å². The number of aromatic carboxylic acids is 1. The van der Waals surface area contributed by atoms with E-state index in [-0.39, 0.29) is 10.8 Å². The van der Waals surface area contributed by atoms with Crippen LogP contribution >= 0.6 is 11.3 Å². The van der Waals surface area contributed by atoms with E-state index in [4.69, 9.17) is 5.11 Å². The molecule has 0 aliphatic carbocycles. The fourth-order valence-corrected chi connectivity index (χ4v) is 3.44. The molecule has 1 N–H and O–H groups in total. The molecule has 1 aliphatic rings. The zero-order valence-electron chi connectivity index (χ0n) is 12.0. The zero-order valence-corrected chi connectivity index (χ0v) is 12.8. The summed E-state index contributed by atoms with van der Waals surface area (Å²) in [6.07, 6.45) is 4.28. The van der Waals surface area contributed by atoms with Gasteiger partial charge in [-0.25, -0.2) is 4.79 Å². The molecule has 1 fully saturated rings. The van der Waals surface area contributed by atoms with E-state index in [1.807, 2.05) is 4.90 Å². The van der Waals surface area contributed by atoms with Crippen LogP contribution in [0.5, 0.6) is 0 Å². The van der Waals surface area contributed by atoms with Gasteiger partial charge in [-0.2, -0.15) is 0 Å². The van der Waals surface area contributed by atoms with Crippen molar-refractivity contribution >= 4 is 23.2 Å². The predicted molar refractivity (Wildman–Crippen MR) is 79.4 cm³/mol. The predicted octanol–water partition coefficient (Wildman–Crippen LogP) is 3.49. The fraction of sp³-hybridized carbons (Fsp3) is 0.600. The number of hydrogen-bond donors (Lipinski definition) is 1. The largest absolute Gasteiger partial charge is 0.477 e. The van der Waals surface area contributed by atoms with Crippen molar-refractivity contribution < 1.29 is 14.7 Å². The Labute approximate surface area is 123 Å². The van der Waals surface area contributed by atoms with Gasteiger partial charge < -0.3 is 10.0 Å². The monoisotopic (exact) mass is 295 g/mol. The lowest BCUT2D eigenvalue weighted by Crippen LogP contribution is -2.35. The molecule has 4 nitrogen and oxygen atoms in total. The Morgan fingerprint density at radius 3 is 2.70 bits per heavy atom. The molecule has 0 aromatic carbocycles. The molecule has 1 unspecified atom stereocenters. The van der Waals surface area contributed by atoms with Crippen molar-refractivity contribution in [2.75, 3.05) is 6.54 Å². The van der Waals surface area contributed by atoms with E-state index in [0.29, 0.717) is 16.8 Å². The SMILES string of the molecule is CC(C)CCC1CCCN1C(=O)c1ccc(C(=O)O)s1. The second kappa shape index (κ2) is 6.39. The molecule has 0 spiro atoms. The quantitative estimate of drug-likeness (QED) is 0.904. The summed E-state index contributed by atoms with van der Waals surface area (Å²) < 4.78 is 0. The van der Waals surface area contributed by atoms with Crippen LogP contribution in [0.1, 0.15) is 58.9 Å². The minimum Gasteiger partial charge on any atom is -0.477 e. The topological polar surface area (TPSA) is 57.6 Å². The number of nitrogens with zero attached hydrogens (tertiary/aromatic N) is 1. The van der Waals surface area contributed by atoms with Gasteiger partial charge in [0.25, 0.3) is 5.91 Å². The second-order valence-electron chi connectivity index (χ2n) is 5.73. The maximum absolute atomic E-state index is 12.5. The van der Waals surface area contributed by atoms with Crippen LogP contribution in [0.3, 0.4) is 0 Å². The van der Waals surface area contributed by atoms with Crippen LogP contribution in [-0.2, 0) is 0 Å². The molecule has 110 valence electrons. The number of carboxylic acids is 1. The number of thiophene rings is 1. The molecule has 0 bridgehead atoms. The van der Waals surface area contributed by atoms with Gasteiger partial charge in [-0.05, 0) is 43.7 Å². The van der Waals surface area contributed by atoms with Crippen molar-refractivity contribution in [2.24, 2.45) is 5.92 Å². The number of likely N-dealkylation sites (tertiary alicyclic amines) is 1. The van der Waals surface area contributed by atoms with Crippen LogP contribution in [0.2, 0.25) is 0 Å². The molecular weight excluding hydrogens is 274 g/mol. The lowest BCUT2D eigenvalue weighted by Gasteiger charge is -2.24. The second-order valence-corrected chi connectivity index (χ2v) is 6.82. The first kappa shape index (κ1) is 15.0. The number of amides is 1. The molecule has 20 heavy (non-hydrogen) atoms. The molecule has 0 radical (unpaired) electrons. The normalized spacial score (nSPS) is 18.8. The van der Waals surface area contributed by atoms with E-state index in [1.54, 1.807) is 6.07 Å². The summed E-state index contributed by atoms with van der Waals surface area (Å²) in [6, 6.07) is 3.47. The summed E-state index contributed by atoms with van der Waals surface area (Å²) in [5.41, 5.74) is 0. The number of carbonyl (C=O) groups excluding carboxylic acids is 1. The highest BCUT2D eigenvalue weighted by molar-refractivity contribution is 7.15. The minimum atomic E-state index is -0.966. The van der Waals surface area contributed by atoms with E-state index >= 15 is 0 Å². The first-order valence-electron chi connectivity index (χ1n) is 7.13. The molecule has 1 aromatic heterocycles. The number of hydrogen-bond acceptors (Lipinski definition) is 3. The van der Waals surface area contributed by atoms with Gasteiger partial charge in [-0.15, -0.1) is 11.3 Å². The van der Waals surface area contributed by atoms with Gasteiger partial charge in [0.1, 0.15) is 4.88 Å². The lowest BCUT2D eigenvalue weighted by atomic mass is 10.0. The van der Waals surface area contributed by atoms with Crippen LogP contribution in [0.15, 0.2) is 12.1 Å². The van der Waals surface area contributed by atoms with Gasteiger partial charge in [-0.3, -0.25) is 4.79 Å². The third-order valence-electron chi connectivity index (χ3n) is 3.74. The van der Waals surface area contributed by atoms with Crippen LogP contribution < -0.4 is 0 Å². The summed E-state index contributed by atoms with van der Waals surface area (Å²) in [7, 11) is 0. The third kappa shape index (κ3) is 3.39. The summed E-state index contributed by atoms with van der Waals surface area (Å²) in [4.78, 5) is 26.1. The van der Waals surface area contributed by atoms with E-state index in [9.17, 15) is 9.59 Å². The van der Waals surface area contributed by atoms with E-state index < -0.39 is 5.97 Å². The minimum absolute atomic E-state index is 0.00578. The maximum atomic E-state index is 12.5. The molecule has 5 heteroatoms. The van der Waals surface area contributed by atoms with Gasteiger partial charge in [-0.1, -0.05) is 13.8 Å². The fourth-order valence-electron chi connectivity index (χ4n) is 2.64. The van der Waals surface area contributed by atoms with Gasteiger partial charge in [0, 0.05) is 12.6 Å². The van der Waals surface area contributed by atoms with Gasteiger partial charge >= 0.3 is 5.97 Å². The Kier molecular flexibility index (Phi) is 4.81. The number of rotatable bonds is 5. The molecule has 1 atom stereocenters. The van der Waals surface area contributed by atoms with Crippen molar-refractivity contribution in [3.05, 3.63) is 21.9 Å². The summed E-state index contributed by atoms with van der Waals surface area (Å²) >= 11 is 1.07. The molecule has 0 saturated carbocycles. The molecule has 1 aromatic rings. The maximum Gasteiger partial charge on any atom is 0.345 e. The first-order valence-corrected chi connectivity index (χ1v) is 7.94. The standard InChI is InChI=1S/C15H21NO3S/c1-10(2)5-6-11-4-3-9-16(11)14(17)12-7-8-13(20-12)15(18)19/h7-8,10-11H,3-6,9H2,1-2H3,(H,18,19). The van der Waals surface area contributed by atoms with Crippen molar-refractivity contribution in [3.8, 4) is 0 Å². The summed E-state index contributed by atoms with van der Waals surface area (Å²) in [5.74, 6) is -0.325. The van der Waals surface area contributed by atoms with Gasteiger partial charge in [0.05, 0.1) is 4.88 Å². The Hall–Kier alpha value is -1.36. The Bertz CT molecular complexity index is 495. The Morgan fingerprint density at radius 1 is 1.40 bits per heavy atom. The van der Waals surface area contributed by atoms with Crippen molar-refractivity contribution in [1.82, 2.24) is 4.90 Å².